The normalized spacial score (nSPS) is 17.1. The molecule has 1 aromatic rings. The minimum Gasteiger partial charge on any atom is -0.493 e. The van der Waals surface area contributed by atoms with Crippen LogP contribution in [0.5, 0.6) is 11.5 Å². The van der Waals surface area contributed by atoms with E-state index in [0.29, 0.717) is 0 Å². The van der Waals surface area contributed by atoms with Gasteiger partial charge in [-0.2, -0.15) is 0 Å². The average Bonchev–Trinajstić information content (AvgIpc) is 2.36. The molecular weight excluding hydrogens is 228 g/mol. The van der Waals surface area contributed by atoms with Gasteiger partial charge in [0.25, 0.3) is 0 Å². The molecule has 1 heterocycles. The Bertz CT molecular complexity index is 419. The number of hydrogen-bond donors (Lipinski definition) is 1. The molecule has 1 unspecified atom stereocenters. The van der Waals surface area contributed by atoms with Crippen molar-refractivity contribution in [2.24, 2.45) is 5.73 Å². The van der Waals surface area contributed by atoms with E-state index < -0.39 is 0 Å². The molecule has 2 rings (SSSR count). The summed E-state index contributed by atoms with van der Waals surface area (Å²) in [5.74, 6) is 1.62. The van der Waals surface area contributed by atoms with E-state index >= 15 is 0 Å². The van der Waals surface area contributed by atoms with Crippen LogP contribution in [-0.4, -0.2) is 38.3 Å². The van der Waals surface area contributed by atoms with Crippen molar-refractivity contribution in [3.63, 3.8) is 0 Å². The van der Waals surface area contributed by atoms with Gasteiger partial charge in [0.2, 0.25) is 0 Å². The van der Waals surface area contributed by atoms with Gasteiger partial charge in [-0.05, 0) is 36.6 Å². The van der Waals surface area contributed by atoms with Gasteiger partial charge >= 0.3 is 0 Å². The molecule has 0 aromatic heterocycles. The average molecular weight is 250 g/mol. The van der Waals surface area contributed by atoms with Gasteiger partial charge in [0, 0.05) is 25.7 Å². The Morgan fingerprint density at radius 2 is 1.83 bits per heavy atom. The zero-order valence-corrected chi connectivity index (χ0v) is 11.4. The van der Waals surface area contributed by atoms with E-state index in [4.69, 9.17) is 15.2 Å². The molecule has 18 heavy (non-hydrogen) atoms. The highest BCUT2D eigenvalue weighted by molar-refractivity contribution is 5.48. The molecule has 1 aliphatic rings. The van der Waals surface area contributed by atoms with Crippen LogP contribution in [0.1, 0.15) is 18.1 Å². The molecule has 0 spiro atoms. The van der Waals surface area contributed by atoms with Crippen molar-refractivity contribution in [1.29, 1.82) is 0 Å². The molecule has 0 radical (unpaired) electrons. The van der Waals surface area contributed by atoms with Gasteiger partial charge in [0.1, 0.15) is 0 Å². The molecule has 4 nitrogen and oxygen atoms in total. The maximum atomic E-state index is 5.86. The number of rotatable bonds is 4. The van der Waals surface area contributed by atoms with E-state index in [1.54, 1.807) is 14.2 Å². The number of nitrogens with zero attached hydrogens (tertiary/aromatic N) is 1. The Kier molecular flexibility index (Phi) is 4.09. The fourth-order valence-electron chi connectivity index (χ4n) is 2.50. The van der Waals surface area contributed by atoms with Crippen LogP contribution in [0, 0.1) is 0 Å². The molecule has 1 aromatic carbocycles. The quantitative estimate of drug-likeness (QED) is 0.877. The van der Waals surface area contributed by atoms with Crippen molar-refractivity contribution < 1.29 is 9.47 Å². The number of fused-ring (bicyclic) bond motifs is 1. The molecule has 0 saturated carbocycles. The summed E-state index contributed by atoms with van der Waals surface area (Å²) >= 11 is 0. The van der Waals surface area contributed by atoms with Crippen molar-refractivity contribution in [2.45, 2.75) is 25.9 Å². The summed E-state index contributed by atoms with van der Waals surface area (Å²) in [6, 6.07) is 4.39. The highest BCUT2D eigenvalue weighted by Gasteiger charge is 2.19. The Balaban J connectivity index is 2.21. The molecule has 0 fully saturated rings. The minimum atomic E-state index is 0.215. The number of ether oxygens (including phenoxy) is 2. The van der Waals surface area contributed by atoms with Crippen molar-refractivity contribution >= 4 is 0 Å². The standard InChI is InChI=1S/C14H22N2O2/c1-10(15)8-16-5-4-11-6-13(17-2)14(18-3)7-12(11)9-16/h6-7,10H,4-5,8-9,15H2,1-3H3. The van der Waals surface area contributed by atoms with Crippen LogP contribution >= 0.6 is 0 Å². The molecule has 4 heteroatoms. The lowest BCUT2D eigenvalue weighted by Gasteiger charge is -2.30. The Hall–Kier alpha value is -1.26. The van der Waals surface area contributed by atoms with Crippen LogP contribution in [-0.2, 0) is 13.0 Å². The predicted octanol–water partition coefficient (Wildman–Crippen LogP) is 1.41. The predicted molar refractivity (Wildman–Crippen MR) is 72.2 cm³/mol. The lowest BCUT2D eigenvalue weighted by atomic mass is 9.98. The van der Waals surface area contributed by atoms with Crippen LogP contribution in [0.25, 0.3) is 0 Å². The van der Waals surface area contributed by atoms with E-state index in [2.05, 4.69) is 17.0 Å². The summed E-state index contributed by atoms with van der Waals surface area (Å²) in [5.41, 5.74) is 8.53. The number of hydrogen-bond acceptors (Lipinski definition) is 4. The first kappa shape index (κ1) is 13.2. The third-order valence-corrected chi connectivity index (χ3v) is 3.34. The first-order valence-corrected chi connectivity index (χ1v) is 6.35. The summed E-state index contributed by atoms with van der Waals surface area (Å²) in [6.45, 7) is 4.99. The van der Waals surface area contributed by atoms with Crippen molar-refractivity contribution in [3.8, 4) is 11.5 Å². The lowest BCUT2D eigenvalue weighted by Crippen LogP contribution is -2.38. The first-order chi connectivity index (χ1) is 8.63. The van der Waals surface area contributed by atoms with Gasteiger partial charge in [-0.25, -0.2) is 0 Å². The molecule has 0 saturated heterocycles. The van der Waals surface area contributed by atoms with E-state index in [1.165, 1.54) is 11.1 Å². The number of benzene rings is 1. The van der Waals surface area contributed by atoms with Crippen LogP contribution < -0.4 is 15.2 Å². The first-order valence-electron chi connectivity index (χ1n) is 6.35. The Labute approximate surface area is 109 Å². The fourth-order valence-corrected chi connectivity index (χ4v) is 2.50. The van der Waals surface area contributed by atoms with E-state index in [-0.39, 0.29) is 6.04 Å². The summed E-state index contributed by atoms with van der Waals surface area (Å²) in [5, 5.41) is 0. The Morgan fingerprint density at radius 3 is 2.39 bits per heavy atom. The number of methoxy groups -OCH3 is 2. The largest absolute Gasteiger partial charge is 0.493 e. The summed E-state index contributed by atoms with van der Waals surface area (Å²) in [7, 11) is 3.35. The topological polar surface area (TPSA) is 47.7 Å². The summed E-state index contributed by atoms with van der Waals surface area (Å²) in [4.78, 5) is 2.39. The second kappa shape index (κ2) is 5.59. The van der Waals surface area contributed by atoms with Gasteiger partial charge in [0.05, 0.1) is 14.2 Å². The van der Waals surface area contributed by atoms with Crippen molar-refractivity contribution in [1.82, 2.24) is 4.90 Å². The fraction of sp³-hybridized carbons (Fsp3) is 0.571. The second-order valence-electron chi connectivity index (χ2n) is 4.94. The van der Waals surface area contributed by atoms with Crippen LogP contribution in [0.15, 0.2) is 12.1 Å². The Morgan fingerprint density at radius 1 is 1.22 bits per heavy atom. The van der Waals surface area contributed by atoms with E-state index in [1.807, 2.05) is 6.92 Å². The SMILES string of the molecule is COc1cc2c(cc1OC)CN(CC(C)N)CC2. The lowest BCUT2D eigenvalue weighted by molar-refractivity contribution is 0.241. The van der Waals surface area contributed by atoms with Crippen molar-refractivity contribution in [2.75, 3.05) is 27.3 Å². The zero-order chi connectivity index (χ0) is 13.1. The molecule has 0 bridgehead atoms. The molecule has 2 N–H and O–H groups in total. The molecule has 1 atom stereocenters. The number of nitrogens with two attached hydrogens (primary N) is 1. The van der Waals surface area contributed by atoms with Gasteiger partial charge in [-0.1, -0.05) is 0 Å². The van der Waals surface area contributed by atoms with Gasteiger partial charge < -0.3 is 15.2 Å². The smallest absolute Gasteiger partial charge is 0.161 e. The van der Waals surface area contributed by atoms with Gasteiger partial charge in [-0.3, -0.25) is 4.90 Å². The summed E-state index contributed by atoms with van der Waals surface area (Å²) < 4.78 is 10.7. The maximum Gasteiger partial charge on any atom is 0.161 e. The minimum absolute atomic E-state index is 0.215. The molecular formula is C14H22N2O2. The summed E-state index contributed by atoms with van der Waals surface area (Å²) in [6.07, 6.45) is 1.04. The third kappa shape index (κ3) is 2.76. The third-order valence-electron chi connectivity index (χ3n) is 3.34. The van der Waals surface area contributed by atoms with Crippen molar-refractivity contribution in [3.05, 3.63) is 23.3 Å². The van der Waals surface area contributed by atoms with E-state index in [0.717, 1.165) is 37.6 Å². The van der Waals surface area contributed by atoms with Crippen LogP contribution in [0.3, 0.4) is 0 Å². The molecule has 0 aliphatic carbocycles. The van der Waals surface area contributed by atoms with Gasteiger partial charge in [-0.15, -0.1) is 0 Å². The second-order valence-corrected chi connectivity index (χ2v) is 4.94. The zero-order valence-electron chi connectivity index (χ0n) is 11.4. The monoisotopic (exact) mass is 250 g/mol. The molecule has 1 aliphatic heterocycles. The van der Waals surface area contributed by atoms with E-state index in [9.17, 15) is 0 Å². The van der Waals surface area contributed by atoms with Gasteiger partial charge in [0.15, 0.2) is 11.5 Å². The maximum absolute atomic E-state index is 5.86. The van der Waals surface area contributed by atoms with Crippen LogP contribution in [0.2, 0.25) is 0 Å². The highest BCUT2D eigenvalue weighted by Crippen LogP contribution is 2.33. The molecule has 0 amide bonds. The highest BCUT2D eigenvalue weighted by atomic mass is 16.5. The molecule has 100 valence electrons. The van der Waals surface area contributed by atoms with Crippen LogP contribution in [0.4, 0.5) is 0 Å².